The zero-order chi connectivity index (χ0) is 45.8. The van der Waals surface area contributed by atoms with E-state index in [4.69, 9.17) is 0 Å². The van der Waals surface area contributed by atoms with Crippen molar-refractivity contribution >= 4 is 82.0 Å². The van der Waals surface area contributed by atoms with Crippen LogP contribution in [-0.4, -0.2) is 4.57 Å². The Balaban J connectivity index is 1.08. The molecule has 0 aliphatic heterocycles. The standard InChI is InChI=1S/C67H46N2/c1-67(2)61-26-14-12-23-55(61)56-36-35-50(42-62(56)67)68(49-33-30-44(31-34-49)46-29-28-43-16-6-7-17-45(43)40-46)66-51(37-38-59-54-22-9-8-20-52(54)53-21-10-11-25-58(53)65(59)66)47-32-39-64-60(41-47)57-24-13-15-27-63(57)69(64)48-18-4-3-5-19-48/h3-42H,1-2H3. The molecular weight excluding hydrogens is 833 g/mol. The maximum Gasteiger partial charge on any atom is 0.0624 e. The van der Waals surface area contributed by atoms with E-state index >= 15 is 0 Å². The molecule has 0 bridgehead atoms. The highest BCUT2D eigenvalue weighted by atomic mass is 15.1. The zero-order valence-corrected chi connectivity index (χ0v) is 38.5. The van der Waals surface area contributed by atoms with Gasteiger partial charge in [0.25, 0.3) is 0 Å². The lowest BCUT2D eigenvalue weighted by Gasteiger charge is -2.32. The van der Waals surface area contributed by atoms with Gasteiger partial charge in [0.05, 0.1) is 16.7 Å². The van der Waals surface area contributed by atoms with Crippen LogP contribution in [-0.2, 0) is 5.41 Å². The number of anilines is 3. The average Bonchev–Trinajstić information content (AvgIpc) is 3.86. The van der Waals surface area contributed by atoms with E-state index in [1.807, 2.05) is 0 Å². The summed E-state index contributed by atoms with van der Waals surface area (Å²) in [6, 6.07) is 90.3. The fraction of sp³-hybridized carbons (Fsp3) is 0.0448. The van der Waals surface area contributed by atoms with Crippen LogP contribution in [0.1, 0.15) is 25.0 Å². The number of benzene rings is 12. The Labute approximate surface area is 401 Å². The molecule has 0 amide bonds. The molecule has 13 aromatic rings. The number of aromatic nitrogens is 1. The molecular formula is C67H46N2. The zero-order valence-electron chi connectivity index (χ0n) is 38.5. The summed E-state index contributed by atoms with van der Waals surface area (Å²) >= 11 is 0. The highest BCUT2D eigenvalue weighted by Gasteiger charge is 2.36. The van der Waals surface area contributed by atoms with Crippen molar-refractivity contribution in [3.05, 3.63) is 254 Å². The first-order valence-electron chi connectivity index (χ1n) is 24.1. The molecule has 0 unspecified atom stereocenters. The molecule has 0 fully saturated rings. The van der Waals surface area contributed by atoms with Crippen LogP contribution >= 0.6 is 0 Å². The van der Waals surface area contributed by atoms with Gasteiger partial charge < -0.3 is 9.47 Å². The molecule has 1 aromatic heterocycles. The molecule has 0 N–H and O–H groups in total. The fourth-order valence-corrected chi connectivity index (χ4v) is 11.8. The smallest absolute Gasteiger partial charge is 0.0624 e. The number of para-hydroxylation sites is 2. The molecule has 2 nitrogen and oxygen atoms in total. The average molecular weight is 879 g/mol. The second kappa shape index (κ2) is 15.2. The minimum atomic E-state index is -0.184. The fourth-order valence-electron chi connectivity index (χ4n) is 11.8. The molecule has 1 aliphatic rings. The molecule has 2 heteroatoms. The van der Waals surface area contributed by atoms with E-state index in [1.165, 1.54) is 109 Å². The van der Waals surface area contributed by atoms with Crippen molar-refractivity contribution in [1.29, 1.82) is 0 Å². The largest absolute Gasteiger partial charge is 0.309 e. The summed E-state index contributed by atoms with van der Waals surface area (Å²) in [6.07, 6.45) is 0. The quantitative estimate of drug-likeness (QED) is 0.151. The van der Waals surface area contributed by atoms with E-state index in [2.05, 4.69) is 266 Å². The van der Waals surface area contributed by atoms with E-state index < -0.39 is 0 Å². The summed E-state index contributed by atoms with van der Waals surface area (Å²) in [6.45, 7) is 4.77. The Morgan fingerprint density at radius 3 is 1.70 bits per heavy atom. The summed E-state index contributed by atoms with van der Waals surface area (Å²) < 4.78 is 2.41. The van der Waals surface area contributed by atoms with Gasteiger partial charge in [-0.2, -0.15) is 0 Å². The second-order valence-electron chi connectivity index (χ2n) is 19.2. The van der Waals surface area contributed by atoms with Gasteiger partial charge in [-0.25, -0.2) is 0 Å². The molecule has 1 aliphatic carbocycles. The molecule has 69 heavy (non-hydrogen) atoms. The molecule has 0 radical (unpaired) electrons. The number of fused-ring (bicyclic) bond motifs is 13. The molecule has 324 valence electrons. The lowest BCUT2D eigenvalue weighted by atomic mass is 9.82. The van der Waals surface area contributed by atoms with Gasteiger partial charge in [0.1, 0.15) is 0 Å². The van der Waals surface area contributed by atoms with Gasteiger partial charge in [-0.1, -0.05) is 196 Å². The van der Waals surface area contributed by atoms with Crippen LogP contribution in [0.3, 0.4) is 0 Å². The lowest BCUT2D eigenvalue weighted by Crippen LogP contribution is -2.17. The molecule has 12 aromatic carbocycles. The Morgan fingerprint density at radius 2 is 0.899 bits per heavy atom. The second-order valence-corrected chi connectivity index (χ2v) is 19.2. The van der Waals surface area contributed by atoms with E-state index in [0.29, 0.717) is 0 Å². The van der Waals surface area contributed by atoms with Crippen LogP contribution in [0.5, 0.6) is 0 Å². The first kappa shape index (κ1) is 39.4. The first-order valence-corrected chi connectivity index (χ1v) is 24.1. The van der Waals surface area contributed by atoms with Crippen molar-refractivity contribution in [1.82, 2.24) is 4.57 Å². The molecule has 14 rings (SSSR count). The van der Waals surface area contributed by atoms with Crippen molar-refractivity contribution in [2.45, 2.75) is 19.3 Å². The van der Waals surface area contributed by atoms with E-state index in [9.17, 15) is 0 Å². The summed E-state index contributed by atoms with van der Waals surface area (Å²) in [5, 5.41) is 12.4. The van der Waals surface area contributed by atoms with Crippen molar-refractivity contribution in [3.8, 4) is 39.1 Å². The van der Waals surface area contributed by atoms with E-state index in [1.54, 1.807) is 0 Å². The van der Waals surface area contributed by atoms with E-state index in [-0.39, 0.29) is 5.41 Å². The van der Waals surface area contributed by atoms with Gasteiger partial charge in [0, 0.05) is 44.2 Å². The normalized spacial score (nSPS) is 12.9. The van der Waals surface area contributed by atoms with Crippen LogP contribution in [0.15, 0.2) is 243 Å². The third-order valence-electron chi connectivity index (χ3n) is 15.1. The van der Waals surface area contributed by atoms with Gasteiger partial charge in [-0.3, -0.25) is 0 Å². The summed E-state index contributed by atoms with van der Waals surface area (Å²) in [4.78, 5) is 2.57. The van der Waals surface area contributed by atoms with Crippen LogP contribution in [0.4, 0.5) is 17.1 Å². The van der Waals surface area contributed by atoms with Crippen LogP contribution in [0.25, 0.3) is 104 Å². The van der Waals surface area contributed by atoms with Crippen LogP contribution in [0, 0.1) is 0 Å². The summed E-state index contributed by atoms with van der Waals surface area (Å²) in [5.41, 5.74) is 16.8. The lowest BCUT2D eigenvalue weighted by molar-refractivity contribution is 0.660. The first-order chi connectivity index (χ1) is 34.0. The maximum absolute atomic E-state index is 2.57. The van der Waals surface area contributed by atoms with E-state index in [0.717, 1.165) is 22.7 Å². The third kappa shape index (κ3) is 5.98. The minimum absolute atomic E-state index is 0.184. The maximum atomic E-state index is 2.57. The minimum Gasteiger partial charge on any atom is -0.309 e. The number of nitrogens with zero attached hydrogens (tertiary/aromatic N) is 2. The highest BCUT2D eigenvalue weighted by molar-refractivity contribution is 6.30. The number of hydrogen-bond acceptors (Lipinski definition) is 1. The predicted octanol–water partition coefficient (Wildman–Crippen LogP) is 18.5. The SMILES string of the molecule is CC1(C)c2ccccc2-c2ccc(N(c3ccc(-c4ccc5ccccc5c4)cc3)c3c(-c4ccc5c(c4)c4ccccc4n5-c4ccccc4)ccc4c5ccccc5c5ccccc5c34)cc21. The van der Waals surface area contributed by atoms with Crippen molar-refractivity contribution in [2.75, 3.05) is 4.90 Å². The molecule has 0 spiro atoms. The Kier molecular flexibility index (Phi) is 8.66. The van der Waals surface area contributed by atoms with Crippen LogP contribution < -0.4 is 4.90 Å². The monoisotopic (exact) mass is 878 g/mol. The van der Waals surface area contributed by atoms with Gasteiger partial charge >= 0.3 is 0 Å². The van der Waals surface area contributed by atoms with Crippen LogP contribution in [0.2, 0.25) is 0 Å². The molecule has 0 atom stereocenters. The Hall–Kier alpha value is -8.72. The van der Waals surface area contributed by atoms with Gasteiger partial charge in [-0.15, -0.1) is 0 Å². The molecule has 0 saturated carbocycles. The summed E-state index contributed by atoms with van der Waals surface area (Å²) in [7, 11) is 0. The molecule has 0 saturated heterocycles. The third-order valence-corrected chi connectivity index (χ3v) is 15.1. The van der Waals surface area contributed by atoms with Crippen molar-refractivity contribution in [3.63, 3.8) is 0 Å². The van der Waals surface area contributed by atoms with Gasteiger partial charge in [0.15, 0.2) is 0 Å². The van der Waals surface area contributed by atoms with Gasteiger partial charge in [0.2, 0.25) is 0 Å². The topological polar surface area (TPSA) is 8.17 Å². The Bertz CT molecular complexity index is 4180. The Morgan fingerprint density at radius 1 is 0.333 bits per heavy atom. The predicted molar refractivity (Wildman–Crippen MR) is 294 cm³/mol. The van der Waals surface area contributed by atoms with Crippen molar-refractivity contribution in [2.24, 2.45) is 0 Å². The van der Waals surface area contributed by atoms with Gasteiger partial charge in [-0.05, 0) is 137 Å². The molecule has 1 heterocycles. The number of rotatable bonds is 6. The summed E-state index contributed by atoms with van der Waals surface area (Å²) in [5.74, 6) is 0. The number of hydrogen-bond donors (Lipinski definition) is 0. The highest BCUT2D eigenvalue weighted by Crippen LogP contribution is 2.54. The van der Waals surface area contributed by atoms with Crippen molar-refractivity contribution < 1.29 is 0 Å².